The number of hydrogen-bond acceptors (Lipinski definition) is 4. The van der Waals surface area contributed by atoms with E-state index in [-0.39, 0.29) is 23.1 Å². The molecule has 0 bridgehead atoms. The number of carbonyl (C=O) groups is 1. The van der Waals surface area contributed by atoms with Crippen molar-refractivity contribution in [3.63, 3.8) is 0 Å². The van der Waals surface area contributed by atoms with Crippen LogP contribution in [-0.4, -0.2) is 17.0 Å². The molecule has 142 valence electrons. The van der Waals surface area contributed by atoms with E-state index in [4.69, 9.17) is 10.00 Å². The van der Waals surface area contributed by atoms with Gasteiger partial charge in [0, 0.05) is 24.5 Å². The highest BCUT2D eigenvalue weighted by Gasteiger charge is 2.23. The molecule has 0 fully saturated rings. The van der Waals surface area contributed by atoms with Crippen molar-refractivity contribution in [1.82, 2.24) is 10.3 Å². The standard InChI is InChI=1S/C20H21F2N3O2/c1-13(2)8-18(20(26)25-12-14-4-3-7-24-11-14)27-16-6-5-15(10-23)17(9-16)19(21)22/h3-7,9,11,13,18-19H,8,12H2,1-2H3,(H,25,26). The van der Waals surface area contributed by atoms with Gasteiger partial charge < -0.3 is 10.1 Å². The summed E-state index contributed by atoms with van der Waals surface area (Å²) in [5.74, 6) is -0.0471. The lowest BCUT2D eigenvalue weighted by molar-refractivity contribution is -0.128. The number of carbonyl (C=O) groups excluding carboxylic acids is 1. The molecular formula is C20H21F2N3O2. The van der Waals surface area contributed by atoms with Gasteiger partial charge in [0.1, 0.15) is 5.75 Å². The van der Waals surface area contributed by atoms with Crippen LogP contribution in [0.15, 0.2) is 42.7 Å². The highest BCUT2D eigenvalue weighted by Crippen LogP contribution is 2.28. The third-order valence-corrected chi connectivity index (χ3v) is 3.82. The number of hydrogen-bond donors (Lipinski definition) is 1. The fraction of sp³-hybridized carbons (Fsp3) is 0.350. The number of aromatic nitrogens is 1. The zero-order valence-corrected chi connectivity index (χ0v) is 15.2. The van der Waals surface area contributed by atoms with Gasteiger partial charge in [-0.2, -0.15) is 5.26 Å². The van der Waals surface area contributed by atoms with E-state index in [0.717, 1.165) is 11.6 Å². The average Bonchev–Trinajstić information content (AvgIpc) is 2.66. The number of nitriles is 1. The van der Waals surface area contributed by atoms with Crippen molar-refractivity contribution in [1.29, 1.82) is 5.26 Å². The summed E-state index contributed by atoms with van der Waals surface area (Å²) in [5, 5.41) is 11.7. The maximum absolute atomic E-state index is 13.1. The van der Waals surface area contributed by atoms with Crippen LogP contribution in [0.4, 0.5) is 8.78 Å². The monoisotopic (exact) mass is 373 g/mol. The average molecular weight is 373 g/mol. The predicted molar refractivity (Wildman–Crippen MR) is 96.1 cm³/mol. The first kappa shape index (κ1) is 20.3. The Morgan fingerprint density at radius 3 is 2.70 bits per heavy atom. The second-order valence-corrected chi connectivity index (χ2v) is 6.48. The Hall–Kier alpha value is -3.01. The minimum Gasteiger partial charge on any atom is -0.481 e. The molecule has 1 unspecified atom stereocenters. The third-order valence-electron chi connectivity index (χ3n) is 3.82. The summed E-state index contributed by atoms with van der Waals surface area (Å²) in [7, 11) is 0. The second-order valence-electron chi connectivity index (χ2n) is 6.48. The largest absolute Gasteiger partial charge is 0.481 e. The molecule has 1 N–H and O–H groups in total. The number of benzene rings is 1. The van der Waals surface area contributed by atoms with Crippen molar-refractivity contribution in [2.24, 2.45) is 5.92 Å². The van der Waals surface area contributed by atoms with Crippen molar-refractivity contribution in [3.05, 3.63) is 59.4 Å². The van der Waals surface area contributed by atoms with Gasteiger partial charge in [0.05, 0.1) is 11.6 Å². The predicted octanol–water partition coefficient (Wildman–Crippen LogP) is 4.00. The molecule has 5 nitrogen and oxygen atoms in total. The number of nitrogens with zero attached hydrogens (tertiary/aromatic N) is 2. The fourth-order valence-electron chi connectivity index (χ4n) is 2.50. The van der Waals surface area contributed by atoms with Crippen LogP contribution in [0.1, 0.15) is 43.4 Å². The van der Waals surface area contributed by atoms with Crippen molar-refractivity contribution < 1.29 is 18.3 Å². The number of alkyl halides is 2. The van der Waals surface area contributed by atoms with E-state index >= 15 is 0 Å². The molecule has 0 saturated heterocycles. The number of halogens is 2. The maximum Gasteiger partial charge on any atom is 0.265 e. The molecule has 2 rings (SSSR count). The quantitative estimate of drug-likeness (QED) is 0.759. The number of rotatable bonds is 8. The smallest absolute Gasteiger partial charge is 0.265 e. The van der Waals surface area contributed by atoms with Crippen molar-refractivity contribution in [2.45, 2.75) is 39.3 Å². The highest BCUT2D eigenvalue weighted by atomic mass is 19.3. The van der Waals surface area contributed by atoms with E-state index in [0.29, 0.717) is 13.0 Å². The highest BCUT2D eigenvalue weighted by molar-refractivity contribution is 5.81. The topological polar surface area (TPSA) is 75.0 Å². The van der Waals surface area contributed by atoms with Crippen LogP contribution in [0.25, 0.3) is 0 Å². The number of amides is 1. The molecule has 1 atom stereocenters. The van der Waals surface area contributed by atoms with E-state index in [1.165, 1.54) is 12.1 Å². The first-order valence-electron chi connectivity index (χ1n) is 8.56. The van der Waals surface area contributed by atoms with Crippen molar-refractivity contribution in [3.8, 4) is 11.8 Å². The lowest BCUT2D eigenvalue weighted by Gasteiger charge is -2.21. The van der Waals surface area contributed by atoms with Gasteiger partial charge in [0.15, 0.2) is 6.10 Å². The number of pyridine rings is 1. The molecule has 1 aromatic heterocycles. The first-order valence-corrected chi connectivity index (χ1v) is 8.56. The molecule has 2 aromatic rings. The van der Waals surface area contributed by atoms with Gasteiger partial charge >= 0.3 is 0 Å². The normalized spacial score (nSPS) is 11.9. The third kappa shape index (κ3) is 6.03. The first-order chi connectivity index (χ1) is 12.9. The van der Waals surface area contributed by atoms with Gasteiger partial charge in [0.2, 0.25) is 0 Å². The number of ether oxygens (including phenoxy) is 1. The van der Waals surface area contributed by atoms with E-state index in [1.807, 2.05) is 19.9 Å². The van der Waals surface area contributed by atoms with Gasteiger partial charge in [0.25, 0.3) is 12.3 Å². The molecule has 1 heterocycles. The fourth-order valence-corrected chi connectivity index (χ4v) is 2.50. The Morgan fingerprint density at radius 2 is 2.11 bits per heavy atom. The van der Waals surface area contributed by atoms with E-state index in [1.54, 1.807) is 24.5 Å². The molecule has 27 heavy (non-hydrogen) atoms. The molecule has 0 spiro atoms. The van der Waals surface area contributed by atoms with Crippen LogP contribution in [-0.2, 0) is 11.3 Å². The van der Waals surface area contributed by atoms with E-state index in [9.17, 15) is 13.6 Å². The zero-order chi connectivity index (χ0) is 19.8. The minimum atomic E-state index is -2.80. The Labute approximate surface area is 157 Å². The lowest BCUT2D eigenvalue weighted by Crippen LogP contribution is -2.39. The molecule has 7 heteroatoms. The summed E-state index contributed by atoms with van der Waals surface area (Å²) >= 11 is 0. The molecular weight excluding hydrogens is 352 g/mol. The molecule has 0 aliphatic carbocycles. The van der Waals surface area contributed by atoms with Crippen LogP contribution in [0.5, 0.6) is 5.75 Å². The summed E-state index contributed by atoms with van der Waals surface area (Å²) in [6, 6.07) is 9.15. The van der Waals surface area contributed by atoms with Crippen LogP contribution in [0, 0.1) is 17.2 Å². The SMILES string of the molecule is CC(C)CC(Oc1ccc(C#N)c(C(F)F)c1)C(=O)NCc1cccnc1. The minimum absolute atomic E-state index is 0.112. The Balaban J connectivity index is 2.13. The van der Waals surface area contributed by atoms with Crippen molar-refractivity contribution >= 4 is 5.91 Å². The van der Waals surface area contributed by atoms with Gasteiger partial charge in [-0.15, -0.1) is 0 Å². The summed E-state index contributed by atoms with van der Waals surface area (Å²) < 4.78 is 31.9. The van der Waals surface area contributed by atoms with Gasteiger partial charge in [-0.25, -0.2) is 8.78 Å². The van der Waals surface area contributed by atoms with Crippen LogP contribution in [0.3, 0.4) is 0 Å². The molecule has 1 amide bonds. The van der Waals surface area contributed by atoms with Gasteiger partial charge in [-0.1, -0.05) is 19.9 Å². The molecule has 1 aromatic carbocycles. The van der Waals surface area contributed by atoms with Gasteiger partial charge in [-0.05, 0) is 42.2 Å². The summed E-state index contributed by atoms with van der Waals surface area (Å²) in [6.45, 7) is 4.17. The van der Waals surface area contributed by atoms with E-state index < -0.39 is 18.1 Å². The Bertz CT molecular complexity index is 805. The lowest BCUT2D eigenvalue weighted by atomic mass is 10.0. The summed E-state index contributed by atoms with van der Waals surface area (Å²) in [6.07, 6.45) is 0.0738. The van der Waals surface area contributed by atoms with Gasteiger partial charge in [-0.3, -0.25) is 9.78 Å². The zero-order valence-electron chi connectivity index (χ0n) is 15.2. The Kier molecular flexibility index (Phi) is 7.24. The Morgan fingerprint density at radius 1 is 1.33 bits per heavy atom. The molecule has 0 aliphatic heterocycles. The maximum atomic E-state index is 13.1. The van der Waals surface area contributed by atoms with Crippen LogP contribution < -0.4 is 10.1 Å². The molecule has 0 aliphatic rings. The molecule has 0 saturated carbocycles. The van der Waals surface area contributed by atoms with Crippen molar-refractivity contribution in [2.75, 3.05) is 0 Å². The van der Waals surface area contributed by atoms with Crippen LogP contribution in [0.2, 0.25) is 0 Å². The van der Waals surface area contributed by atoms with E-state index in [2.05, 4.69) is 10.3 Å². The molecule has 0 radical (unpaired) electrons. The summed E-state index contributed by atoms with van der Waals surface area (Å²) in [5.41, 5.74) is 0.320. The second kappa shape index (κ2) is 9.62. The summed E-state index contributed by atoms with van der Waals surface area (Å²) in [4.78, 5) is 16.5. The van der Waals surface area contributed by atoms with Crippen LogP contribution >= 0.6 is 0 Å². The number of nitrogens with one attached hydrogen (secondary N) is 1.